The smallest absolute Gasteiger partial charge is 0.243 e. The van der Waals surface area contributed by atoms with Crippen molar-refractivity contribution in [2.75, 3.05) is 24.3 Å². The van der Waals surface area contributed by atoms with Gasteiger partial charge in [0.25, 0.3) is 0 Å². The molecule has 0 atom stereocenters. The van der Waals surface area contributed by atoms with Gasteiger partial charge in [-0.1, -0.05) is 11.6 Å². The monoisotopic (exact) mass is 358 g/mol. The number of nitrogens with one attached hydrogen (secondary N) is 2. The maximum absolute atomic E-state index is 13.5. The van der Waals surface area contributed by atoms with Crippen molar-refractivity contribution in [1.82, 2.24) is 0 Å². The van der Waals surface area contributed by atoms with Crippen LogP contribution in [0.1, 0.15) is 5.56 Å². The first-order valence-corrected chi connectivity index (χ1v) is 7.22. The van der Waals surface area contributed by atoms with Crippen LogP contribution >= 0.6 is 11.6 Å². The molecule has 0 spiro atoms. The van der Waals surface area contributed by atoms with Crippen LogP contribution in [0.3, 0.4) is 0 Å². The lowest BCUT2D eigenvalue weighted by Crippen LogP contribution is -2.22. The highest BCUT2D eigenvalue weighted by atomic mass is 35.5. The van der Waals surface area contributed by atoms with E-state index in [-0.39, 0.29) is 12.2 Å². The van der Waals surface area contributed by atoms with E-state index in [0.29, 0.717) is 16.5 Å². The summed E-state index contributed by atoms with van der Waals surface area (Å²) in [6.07, 6.45) is 0. The Hall–Kier alpha value is -2.41. The SMILES string of the molecule is COc1cc(Cl)c(C)cc1NC(=O)CNc1ccc(F)c(F)c1F. The van der Waals surface area contributed by atoms with Crippen molar-refractivity contribution in [1.29, 1.82) is 0 Å². The van der Waals surface area contributed by atoms with Gasteiger partial charge >= 0.3 is 0 Å². The van der Waals surface area contributed by atoms with E-state index in [1.807, 2.05) is 0 Å². The summed E-state index contributed by atoms with van der Waals surface area (Å²) < 4.78 is 44.6. The fourth-order valence-electron chi connectivity index (χ4n) is 1.96. The second-order valence-corrected chi connectivity index (χ2v) is 5.33. The number of amides is 1. The average molecular weight is 359 g/mol. The van der Waals surface area contributed by atoms with E-state index in [2.05, 4.69) is 10.6 Å². The van der Waals surface area contributed by atoms with E-state index >= 15 is 0 Å². The number of benzene rings is 2. The molecule has 4 nitrogen and oxygen atoms in total. The summed E-state index contributed by atoms with van der Waals surface area (Å²) in [5.41, 5.74) is 0.799. The van der Waals surface area contributed by atoms with Gasteiger partial charge in [-0.2, -0.15) is 0 Å². The predicted octanol–water partition coefficient (Wildman–Crippen LogP) is 4.12. The van der Waals surface area contributed by atoms with Crippen LogP contribution in [0.4, 0.5) is 24.5 Å². The number of hydrogen-bond donors (Lipinski definition) is 2. The molecule has 0 unspecified atom stereocenters. The van der Waals surface area contributed by atoms with Gasteiger partial charge in [-0.15, -0.1) is 0 Å². The normalized spacial score (nSPS) is 10.4. The Morgan fingerprint density at radius 1 is 1.17 bits per heavy atom. The third-order valence-electron chi connectivity index (χ3n) is 3.23. The summed E-state index contributed by atoms with van der Waals surface area (Å²) in [6, 6.07) is 4.95. The lowest BCUT2D eigenvalue weighted by molar-refractivity contribution is -0.114. The molecule has 0 aliphatic heterocycles. The van der Waals surface area contributed by atoms with Gasteiger partial charge in [0.15, 0.2) is 17.5 Å². The van der Waals surface area contributed by atoms with Crippen LogP contribution in [0.5, 0.6) is 5.75 Å². The minimum Gasteiger partial charge on any atom is -0.495 e. The minimum atomic E-state index is -1.60. The Morgan fingerprint density at radius 2 is 1.88 bits per heavy atom. The third kappa shape index (κ3) is 3.91. The minimum absolute atomic E-state index is 0.316. The quantitative estimate of drug-likeness (QED) is 0.790. The molecule has 0 saturated carbocycles. The highest BCUT2D eigenvalue weighted by Gasteiger charge is 2.15. The molecule has 0 bridgehead atoms. The fraction of sp³-hybridized carbons (Fsp3) is 0.188. The summed E-state index contributed by atoms with van der Waals surface area (Å²) >= 11 is 5.97. The molecule has 2 aromatic rings. The summed E-state index contributed by atoms with van der Waals surface area (Å²) in [5, 5.41) is 5.45. The summed E-state index contributed by atoms with van der Waals surface area (Å²) in [7, 11) is 1.42. The van der Waals surface area contributed by atoms with E-state index in [0.717, 1.165) is 17.7 Å². The first-order valence-electron chi connectivity index (χ1n) is 6.84. The number of carbonyl (C=O) groups excluding carboxylic acids is 1. The van der Waals surface area contributed by atoms with E-state index in [4.69, 9.17) is 16.3 Å². The molecule has 1 amide bonds. The molecule has 2 rings (SSSR count). The Labute approximate surface area is 141 Å². The topological polar surface area (TPSA) is 50.4 Å². The van der Waals surface area contributed by atoms with Gasteiger partial charge in [0, 0.05) is 11.1 Å². The van der Waals surface area contributed by atoms with E-state index < -0.39 is 23.4 Å². The number of hydrogen-bond acceptors (Lipinski definition) is 3. The molecule has 2 aromatic carbocycles. The molecule has 0 aliphatic carbocycles. The van der Waals surface area contributed by atoms with Crippen molar-refractivity contribution in [2.45, 2.75) is 6.92 Å². The number of carbonyl (C=O) groups is 1. The molecule has 0 aliphatic rings. The van der Waals surface area contributed by atoms with Crippen LogP contribution in [-0.4, -0.2) is 19.6 Å². The molecule has 24 heavy (non-hydrogen) atoms. The molecule has 2 N–H and O–H groups in total. The second kappa shape index (κ2) is 7.44. The van der Waals surface area contributed by atoms with Crippen molar-refractivity contribution in [2.24, 2.45) is 0 Å². The van der Waals surface area contributed by atoms with Gasteiger partial charge in [-0.25, -0.2) is 13.2 Å². The van der Waals surface area contributed by atoms with Crippen LogP contribution in [0.25, 0.3) is 0 Å². The van der Waals surface area contributed by atoms with Gasteiger partial charge in [0.2, 0.25) is 5.91 Å². The van der Waals surface area contributed by atoms with Gasteiger partial charge in [-0.05, 0) is 30.7 Å². The zero-order chi connectivity index (χ0) is 17.9. The lowest BCUT2D eigenvalue weighted by Gasteiger charge is -2.13. The van der Waals surface area contributed by atoms with Crippen LogP contribution in [-0.2, 0) is 4.79 Å². The largest absolute Gasteiger partial charge is 0.495 e. The highest BCUT2D eigenvalue weighted by molar-refractivity contribution is 6.31. The van der Waals surface area contributed by atoms with Crippen LogP contribution < -0.4 is 15.4 Å². The fourth-order valence-corrected chi connectivity index (χ4v) is 2.12. The molecule has 0 radical (unpaired) electrons. The van der Waals surface area contributed by atoms with Gasteiger partial charge in [0.05, 0.1) is 25.0 Å². The number of aryl methyl sites for hydroxylation is 1. The number of halogens is 4. The summed E-state index contributed by atoms with van der Waals surface area (Å²) in [5.74, 6) is -4.46. The van der Waals surface area contributed by atoms with Crippen molar-refractivity contribution >= 4 is 28.9 Å². The zero-order valence-corrected chi connectivity index (χ0v) is 13.6. The third-order valence-corrected chi connectivity index (χ3v) is 3.64. The molecule has 0 fully saturated rings. The lowest BCUT2D eigenvalue weighted by atomic mass is 10.2. The maximum Gasteiger partial charge on any atom is 0.243 e. The number of methoxy groups -OCH3 is 1. The van der Waals surface area contributed by atoms with Crippen LogP contribution in [0.15, 0.2) is 24.3 Å². The van der Waals surface area contributed by atoms with Crippen molar-refractivity contribution in [3.63, 3.8) is 0 Å². The zero-order valence-electron chi connectivity index (χ0n) is 12.8. The molecule has 0 aromatic heterocycles. The molecule has 0 heterocycles. The first kappa shape index (κ1) is 17.9. The predicted molar refractivity (Wildman–Crippen MR) is 86.2 cm³/mol. The molecule has 128 valence electrons. The van der Waals surface area contributed by atoms with Gasteiger partial charge in [0.1, 0.15) is 5.75 Å². The first-order chi connectivity index (χ1) is 11.3. The average Bonchev–Trinajstić information content (AvgIpc) is 2.55. The number of anilines is 2. The van der Waals surface area contributed by atoms with Crippen LogP contribution in [0.2, 0.25) is 5.02 Å². The second-order valence-electron chi connectivity index (χ2n) is 4.93. The summed E-state index contributed by atoms with van der Waals surface area (Å²) in [6.45, 7) is 1.40. The number of rotatable bonds is 5. The molecular weight excluding hydrogens is 345 g/mol. The van der Waals surface area contributed by atoms with Gasteiger partial charge in [-0.3, -0.25) is 4.79 Å². The Kier molecular flexibility index (Phi) is 5.56. The van der Waals surface area contributed by atoms with Crippen molar-refractivity contribution < 1.29 is 22.7 Å². The number of ether oxygens (including phenoxy) is 1. The van der Waals surface area contributed by atoms with Crippen molar-refractivity contribution in [3.8, 4) is 5.75 Å². The molecule has 8 heteroatoms. The van der Waals surface area contributed by atoms with E-state index in [9.17, 15) is 18.0 Å². The van der Waals surface area contributed by atoms with E-state index in [1.54, 1.807) is 19.1 Å². The Bertz CT molecular complexity index is 784. The van der Waals surface area contributed by atoms with Gasteiger partial charge < -0.3 is 15.4 Å². The Morgan fingerprint density at radius 3 is 2.54 bits per heavy atom. The highest BCUT2D eigenvalue weighted by Crippen LogP contribution is 2.30. The van der Waals surface area contributed by atoms with E-state index in [1.165, 1.54) is 7.11 Å². The maximum atomic E-state index is 13.5. The Balaban J connectivity index is 2.07. The van der Waals surface area contributed by atoms with Crippen molar-refractivity contribution in [3.05, 3.63) is 52.3 Å². The standard InChI is InChI=1S/C16H14ClF3N2O2/c1-8-5-12(13(24-2)6-9(8)17)22-14(23)7-21-11-4-3-10(18)15(19)16(11)20/h3-6,21H,7H2,1-2H3,(H,22,23). The molecular formula is C16H14ClF3N2O2. The van der Waals surface area contributed by atoms with Crippen LogP contribution in [0, 0.1) is 24.4 Å². The summed E-state index contributed by atoms with van der Waals surface area (Å²) in [4.78, 5) is 12.0. The molecule has 0 saturated heterocycles.